The van der Waals surface area contributed by atoms with E-state index in [0.29, 0.717) is 36.0 Å². The lowest BCUT2D eigenvalue weighted by Crippen LogP contribution is -2.52. The minimum Gasteiger partial charge on any atom is -0.453 e. The molecule has 0 bridgehead atoms. The summed E-state index contributed by atoms with van der Waals surface area (Å²) in [7, 11) is 2.92. The highest BCUT2D eigenvalue weighted by Crippen LogP contribution is 2.40. The molecule has 1 fully saturated rings. The number of hydrogen-bond acceptors (Lipinski definition) is 12. The van der Waals surface area contributed by atoms with Crippen LogP contribution in [0.15, 0.2) is 12.3 Å². The largest absolute Gasteiger partial charge is 0.453 e. The fourth-order valence-electron chi connectivity index (χ4n) is 4.90. The van der Waals surface area contributed by atoms with Crippen molar-refractivity contribution in [2.75, 3.05) is 31.4 Å². The van der Waals surface area contributed by atoms with Gasteiger partial charge in [-0.1, -0.05) is 0 Å². The molecule has 212 valence electrons. The molecule has 0 radical (unpaired) electrons. The molecule has 12 nitrogen and oxygen atoms in total. The summed E-state index contributed by atoms with van der Waals surface area (Å²) in [5.74, 6) is 0.432. The van der Waals surface area contributed by atoms with Gasteiger partial charge in [-0.2, -0.15) is 4.98 Å². The van der Waals surface area contributed by atoms with Gasteiger partial charge in [-0.25, -0.2) is 14.8 Å². The molecule has 0 unspecified atom stereocenters. The number of aryl methyl sites for hydroxylation is 2. The molecule has 13 heteroatoms. The number of fused-ring (bicyclic) bond motifs is 1. The van der Waals surface area contributed by atoms with E-state index in [2.05, 4.69) is 25.9 Å². The summed E-state index contributed by atoms with van der Waals surface area (Å²) < 4.78 is 11.1. The first kappa shape index (κ1) is 28.9. The highest BCUT2D eigenvalue weighted by Gasteiger charge is 2.49. The summed E-state index contributed by atoms with van der Waals surface area (Å²) in [6.45, 7) is 9.83. The SMILES string of the molecule is COC(=O)NC(C)(C)[C@H]1C[C@@H](Nc2nc(NC[C@@H](C)OC)nc(C)c2-c2nc3c(C)nccc3s2)[C@H](O)[C@@H]1O. The Morgan fingerprint density at radius 1 is 1.18 bits per heavy atom. The molecule has 39 heavy (non-hydrogen) atoms. The third-order valence-electron chi connectivity index (χ3n) is 7.28. The van der Waals surface area contributed by atoms with E-state index in [1.807, 2.05) is 26.8 Å². The first-order chi connectivity index (χ1) is 18.4. The number of rotatable bonds is 9. The van der Waals surface area contributed by atoms with Gasteiger partial charge in [0.1, 0.15) is 22.4 Å². The number of nitrogens with one attached hydrogen (secondary N) is 3. The maximum Gasteiger partial charge on any atom is 0.407 e. The van der Waals surface area contributed by atoms with Gasteiger partial charge in [-0.15, -0.1) is 11.3 Å². The highest BCUT2D eigenvalue weighted by atomic mass is 32.1. The number of amides is 1. The van der Waals surface area contributed by atoms with Crippen LogP contribution < -0.4 is 16.0 Å². The Kier molecular flexibility index (Phi) is 8.54. The molecule has 1 saturated carbocycles. The topological polar surface area (TPSA) is 164 Å². The van der Waals surface area contributed by atoms with Gasteiger partial charge in [0.05, 0.1) is 47.0 Å². The van der Waals surface area contributed by atoms with E-state index in [0.717, 1.165) is 20.9 Å². The van der Waals surface area contributed by atoms with Crippen molar-refractivity contribution in [1.82, 2.24) is 25.3 Å². The van der Waals surface area contributed by atoms with E-state index in [-0.39, 0.29) is 6.10 Å². The Balaban J connectivity index is 1.71. The van der Waals surface area contributed by atoms with E-state index in [9.17, 15) is 15.0 Å². The fourth-order valence-corrected chi connectivity index (χ4v) is 6.01. The first-order valence-corrected chi connectivity index (χ1v) is 13.6. The number of aliphatic hydroxyl groups is 2. The van der Waals surface area contributed by atoms with Gasteiger partial charge in [0.15, 0.2) is 0 Å². The molecule has 0 aliphatic heterocycles. The Bertz CT molecular complexity index is 1330. The van der Waals surface area contributed by atoms with E-state index in [1.165, 1.54) is 18.4 Å². The molecule has 3 aromatic rings. The van der Waals surface area contributed by atoms with Crippen LogP contribution >= 0.6 is 11.3 Å². The van der Waals surface area contributed by atoms with E-state index in [1.54, 1.807) is 27.2 Å². The zero-order chi connectivity index (χ0) is 28.5. The summed E-state index contributed by atoms with van der Waals surface area (Å²) in [5.41, 5.74) is 2.20. The zero-order valence-electron chi connectivity index (χ0n) is 23.3. The maximum absolute atomic E-state index is 11.9. The van der Waals surface area contributed by atoms with E-state index < -0.39 is 35.8 Å². The standard InChI is InChI=1S/C26H37N7O5S/c1-12(37-6)11-28-24-29-13(2)18(23-31-19-14(3)27-9-8-17(19)39-23)22(32-24)30-16-10-15(20(34)21(16)35)26(4,5)33-25(36)38-7/h8-9,12,15-16,20-21,34-35H,10-11H2,1-7H3,(H,33,36)(H2,28,29,30,32)/t12-,15+,16-,20-,21+/m1/s1. The van der Waals surface area contributed by atoms with Crippen LogP contribution in [0.2, 0.25) is 0 Å². The minimum atomic E-state index is -1.11. The van der Waals surface area contributed by atoms with Crippen LogP contribution in [-0.4, -0.2) is 86.9 Å². The van der Waals surface area contributed by atoms with Crippen LogP contribution in [0, 0.1) is 19.8 Å². The van der Waals surface area contributed by atoms with Gasteiger partial charge in [-0.05, 0) is 47.1 Å². The van der Waals surface area contributed by atoms with Crippen molar-refractivity contribution in [3.63, 3.8) is 0 Å². The third kappa shape index (κ3) is 6.06. The number of anilines is 2. The monoisotopic (exact) mass is 559 g/mol. The van der Waals surface area contributed by atoms with Gasteiger partial charge >= 0.3 is 6.09 Å². The van der Waals surface area contributed by atoms with Crippen molar-refractivity contribution in [2.45, 2.75) is 70.9 Å². The molecule has 3 heterocycles. The van der Waals surface area contributed by atoms with Crippen molar-refractivity contribution in [3.05, 3.63) is 23.7 Å². The number of hydrogen-bond donors (Lipinski definition) is 5. The number of aliphatic hydroxyl groups excluding tert-OH is 2. The molecule has 1 amide bonds. The highest BCUT2D eigenvalue weighted by molar-refractivity contribution is 7.21. The summed E-state index contributed by atoms with van der Waals surface area (Å²) in [6.07, 6.45) is -0.725. The first-order valence-electron chi connectivity index (χ1n) is 12.8. The Hall–Kier alpha value is -3.13. The predicted octanol–water partition coefficient (Wildman–Crippen LogP) is 2.87. The van der Waals surface area contributed by atoms with Gasteiger partial charge in [0.2, 0.25) is 5.95 Å². The number of carbonyl (C=O) groups excluding carboxylic acids is 1. The van der Waals surface area contributed by atoms with E-state index >= 15 is 0 Å². The molecule has 5 N–H and O–H groups in total. The number of methoxy groups -OCH3 is 2. The minimum absolute atomic E-state index is 0.0539. The Morgan fingerprint density at radius 3 is 2.59 bits per heavy atom. The second kappa shape index (κ2) is 11.5. The van der Waals surface area contributed by atoms with Crippen molar-refractivity contribution in [1.29, 1.82) is 0 Å². The lowest BCUT2D eigenvalue weighted by atomic mass is 9.84. The summed E-state index contributed by atoms with van der Waals surface area (Å²) in [4.78, 5) is 30.6. The van der Waals surface area contributed by atoms with Gasteiger partial charge in [-0.3, -0.25) is 4.98 Å². The second-order valence-electron chi connectivity index (χ2n) is 10.5. The summed E-state index contributed by atoms with van der Waals surface area (Å²) in [5, 5.41) is 32.1. The fraction of sp³-hybridized carbons (Fsp3) is 0.577. The van der Waals surface area contributed by atoms with Gasteiger partial charge in [0.25, 0.3) is 0 Å². The predicted molar refractivity (Wildman–Crippen MR) is 150 cm³/mol. The number of carbonyl (C=O) groups is 1. The van der Waals surface area contributed by atoms with E-state index in [4.69, 9.17) is 19.4 Å². The number of thiazole rings is 1. The Labute approximate surface area is 231 Å². The average Bonchev–Trinajstić information content (AvgIpc) is 3.44. The molecular weight excluding hydrogens is 522 g/mol. The molecule has 0 spiro atoms. The number of alkyl carbamates (subject to hydrolysis) is 1. The van der Waals surface area contributed by atoms with Crippen LogP contribution in [-0.2, 0) is 9.47 Å². The quantitative estimate of drug-likeness (QED) is 0.262. The molecule has 5 atom stereocenters. The molecule has 1 aliphatic carbocycles. The van der Waals surface area contributed by atoms with Crippen molar-refractivity contribution in [2.24, 2.45) is 5.92 Å². The summed E-state index contributed by atoms with van der Waals surface area (Å²) in [6, 6.07) is 1.37. The van der Waals surface area contributed by atoms with Crippen molar-refractivity contribution in [3.8, 4) is 10.6 Å². The van der Waals surface area contributed by atoms with Gasteiger partial charge < -0.3 is 35.6 Å². The molecule has 0 saturated heterocycles. The van der Waals surface area contributed by atoms with Crippen LogP contribution in [0.3, 0.4) is 0 Å². The lowest BCUT2D eigenvalue weighted by molar-refractivity contribution is -0.00233. The number of aromatic nitrogens is 4. The van der Waals surface area contributed by atoms with Crippen molar-refractivity contribution < 1.29 is 24.5 Å². The molecule has 0 aromatic carbocycles. The average molecular weight is 560 g/mol. The summed E-state index contributed by atoms with van der Waals surface area (Å²) >= 11 is 1.51. The van der Waals surface area contributed by atoms with Crippen LogP contribution in [0.4, 0.5) is 16.6 Å². The van der Waals surface area contributed by atoms with Crippen molar-refractivity contribution >= 4 is 39.4 Å². The number of nitrogens with zero attached hydrogens (tertiary/aromatic N) is 4. The third-order valence-corrected chi connectivity index (χ3v) is 8.32. The normalized spacial score (nSPS) is 22.1. The van der Waals surface area contributed by atoms with Gasteiger partial charge in [0, 0.05) is 31.3 Å². The molecular formula is C26H37N7O5S. The molecule has 4 rings (SSSR count). The number of pyridine rings is 1. The maximum atomic E-state index is 11.9. The zero-order valence-corrected chi connectivity index (χ0v) is 24.1. The van der Waals surface area contributed by atoms with Crippen LogP contribution in [0.1, 0.15) is 38.6 Å². The Morgan fingerprint density at radius 2 is 1.92 bits per heavy atom. The number of ether oxygens (including phenoxy) is 2. The van der Waals surface area contributed by atoms with Crippen LogP contribution in [0.5, 0.6) is 0 Å². The van der Waals surface area contributed by atoms with Crippen LogP contribution in [0.25, 0.3) is 20.8 Å². The lowest BCUT2D eigenvalue weighted by Gasteiger charge is -2.34. The smallest absolute Gasteiger partial charge is 0.407 e. The second-order valence-corrected chi connectivity index (χ2v) is 11.5. The molecule has 3 aromatic heterocycles. The molecule has 1 aliphatic rings.